The molecule has 74 valence electrons. The third kappa shape index (κ3) is 2.06. The first-order chi connectivity index (χ1) is 6.43. The molecule has 0 unspecified atom stereocenters. The molecule has 0 heterocycles. The van der Waals surface area contributed by atoms with Crippen LogP contribution in [0.3, 0.4) is 0 Å². The molecule has 0 saturated carbocycles. The van der Waals surface area contributed by atoms with E-state index in [1.165, 1.54) is 6.92 Å². The van der Waals surface area contributed by atoms with Crippen LogP contribution in [0, 0.1) is 19.5 Å². The lowest BCUT2D eigenvalue weighted by Gasteiger charge is -2.01. The van der Waals surface area contributed by atoms with Gasteiger partial charge in [-0.15, -0.1) is 0 Å². The summed E-state index contributed by atoms with van der Waals surface area (Å²) in [5, 5.41) is 10.4. The van der Waals surface area contributed by atoms with Gasteiger partial charge in [-0.2, -0.15) is 0 Å². The number of carbonyl (C=O) groups excluding carboxylic acids is 1. The molecular weight excluding hydrogens is 304 g/mol. The second-order valence-electron chi connectivity index (χ2n) is 2.60. The van der Waals surface area contributed by atoms with Crippen molar-refractivity contribution in [2.45, 2.75) is 6.92 Å². The van der Waals surface area contributed by atoms with Crippen LogP contribution in [0.2, 0.25) is 0 Å². The minimum Gasteiger partial charge on any atom is -0.294 e. The molecule has 0 bridgehead atoms. The number of carbonyl (C=O) groups is 1. The predicted octanol–water partition coefficient (Wildman–Crippen LogP) is 2.54. The van der Waals surface area contributed by atoms with Gasteiger partial charge in [-0.25, -0.2) is 4.39 Å². The molecule has 0 spiro atoms. The lowest BCUT2D eigenvalue weighted by atomic mass is 10.1. The van der Waals surface area contributed by atoms with Crippen LogP contribution in [0.1, 0.15) is 17.3 Å². The van der Waals surface area contributed by atoms with E-state index in [0.717, 1.165) is 12.1 Å². The van der Waals surface area contributed by atoms with Crippen LogP contribution in [-0.4, -0.2) is 10.7 Å². The van der Waals surface area contributed by atoms with Gasteiger partial charge >= 0.3 is 0 Å². The topological polar surface area (TPSA) is 60.2 Å². The van der Waals surface area contributed by atoms with Gasteiger partial charge in [0.15, 0.2) is 5.78 Å². The van der Waals surface area contributed by atoms with Crippen molar-refractivity contribution in [3.8, 4) is 0 Å². The number of nitro groups is 1. The van der Waals surface area contributed by atoms with Gasteiger partial charge in [0.1, 0.15) is 5.82 Å². The molecule has 4 nitrogen and oxygen atoms in total. The number of hydrogen-bond donors (Lipinski definition) is 0. The van der Waals surface area contributed by atoms with Gasteiger partial charge in [-0.1, -0.05) is 0 Å². The van der Waals surface area contributed by atoms with Gasteiger partial charge in [0.05, 0.1) is 14.6 Å². The third-order valence-electron chi connectivity index (χ3n) is 1.60. The van der Waals surface area contributed by atoms with Crippen molar-refractivity contribution < 1.29 is 14.1 Å². The average molecular weight is 309 g/mol. The first-order valence-electron chi connectivity index (χ1n) is 3.58. The Labute approximate surface area is 92.4 Å². The number of nitrogens with zero attached hydrogens (tertiary/aromatic N) is 1. The third-order valence-corrected chi connectivity index (χ3v) is 2.70. The van der Waals surface area contributed by atoms with Crippen LogP contribution < -0.4 is 0 Å². The molecule has 6 heteroatoms. The summed E-state index contributed by atoms with van der Waals surface area (Å²) in [5.41, 5.74) is -0.370. The van der Waals surface area contributed by atoms with E-state index in [2.05, 4.69) is 0 Å². The number of benzene rings is 1. The van der Waals surface area contributed by atoms with E-state index in [4.69, 9.17) is 0 Å². The number of non-ortho nitro benzene ring substituents is 1. The first-order valence-corrected chi connectivity index (χ1v) is 4.65. The lowest BCUT2D eigenvalue weighted by Crippen LogP contribution is -2.01. The fourth-order valence-corrected chi connectivity index (χ4v) is 1.63. The highest BCUT2D eigenvalue weighted by Gasteiger charge is 2.17. The Morgan fingerprint density at radius 1 is 1.57 bits per heavy atom. The molecular formula is C8H5FINO3. The van der Waals surface area contributed by atoms with Crippen molar-refractivity contribution in [3.63, 3.8) is 0 Å². The number of nitro benzene ring substituents is 1. The Morgan fingerprint density at radius 2 is 2.14 bits per heavy atom. The fourth-order valence-electron chi connectivity index (χ4n) is 0.936. The number of hydrogen-bond acceptors (Lipinski definition) is 3. The monoisotopic (exact) mass is 309 g/mol. The zero-order valence-corrected chi connectivity index (χ0v) is 9.24. The van der Waals surface area contributed by atoms with E-state index in [1.54, 1.807) is 22.6 Å². The van der Waals surface area contributed by atoms with Crippen molar-refractivity contribution in [2.75, 3.05) is 0 Å². The van der Waals surface area contributed by atoms with Crippen molar-refractivity contribution in [2.24, 2.45) is 0 Å². The summed E-state index contributed by atoms with van der Waals surface area (Å²) in [5.74, 6) is -1.14. The Bertz CT molecular complexity index is 419. The molecule has 0 aromatic heterocycles. The Kier molecular flexibility index (Phi) is 3.14. The van der Waals surface area contributed by atoms with Crippen molar-refractivity contribution in [1.82, 2.24) is 0 Å². The van der Waals surface area contributed by atoms with Gasteiger partial charge in [0.25, 0.3) is 5.69 Å². The molecule has 1 rings (SSSR count). The zero-order valence-electron chi connectivity index (χ0n) is 7.08. The van der Waals surface area contributed by atoms with E-state index < -0.39 is 22.2 Å². The van der Waals surface area contributed by atoms with Crippen LogP contribution in [0.4, 0.5) is 10.1 Å². The van der Waals surface area contributed by atoms with E-state index in [1.807, 2.05) is 0 Å². The highest BCUT2D eigenvalue weighted by Crippen LogP contribution is 2.23. The highest BCUT2D eigenvalue weighted by molar-refractivity contribution is 14.1. The fraction of sp³-hybridized carbons (Fsp3) is 0.125. The van der Waals surface area contributed by atoms with Crippen molar-refractivity contribution in [3.05, 3.63) is 37.2 Å². The van der Waals surface area contributed by atoms with Crippen LogP contribution in [-0.2, 0) is 0 Å². The standard InChI is InChI=1S/C8H5FINO3/c1-4(12)6-2-5(11(13)14)3-7(9)8(6)10/h2-3H,1H3. The maximum Gasteiger partial charge on any atom is 0.273 e. The van der Waals surface area contributed by atoms with Gasteiger partial charge in [-0.05, 0) is 29.5 Å². The minimum absolute atomic E-state index is 0.0392. The molecule has 0 amide bonds. The van der Waals surface area contributed by atoms with E-state index in [9.17, 15) is 19.3 Å². The summed E-state index contributed by atoms with van der Waals surface area (Å²) in [4.78, 5) is 20.6. The molecule has 0 saturated heterocycles. The number of halogens is 2. The summed E-state index contributed by atoms with van der Waals surface area (Å²) >= 11 is 1.64. The number of ketones is 1. The maximum atomic E-state index is 13.1. The Hall–Kier alpha value is -1.05. The average Bonchev–Trinajstić information content (AvgIpc) is 2.08. The Balaban J connectivity index is 3.43. The number of rotatable bonds is 2. The molecule has 0 fully saturated rings. The summed E-state index contributed by atoms with van der Waals surface area (Å²) in [6, 6.07) is 1.88. The summed E-state index contributed by atoms with van der Waals surface area (Å²) in [6.45, 7) is 1.24. The highest BCUT2D eigenvalue weighted by atomic mass is 127. The second-order valence-corrected chi connectivity index (χ2v) is 3.68. The molecule has 0 atom stereocenters. The summed E-state index contributed by atoms with van der Waals surface area (Å²) in [6.07, 6.45) is 0. The summed E-state index contributed by atoms with van der Waals surface area (Å²) in [7, 11) is 0. The van der Waals surface area contributed by atoms with E-state index in [0.29, 0.717) is 0 Å². The van der Waals surface area contributed by atoms with Crippen molar-refractivity contribution >= 4 is 34.1 Å². The van der Waals surface area contributed by atoms with Crippen LogP contribution in [0.25, 0.3) is 0 Å². The van der Waals surface area contributed by atoms with Crippen LogP contribution >= 0.6 is 22.6 Å². The van der Waals surface area contributed by atoms with E-state index in [-0.39, 0.29) is 9.13 Å². The number of Topliss-reactive ketones (excluding diaryl/α,β-unsaturated/α-hetero) is 1. The lowest BCUT2D eigenvalue weighted by molar-refractivity contribution is -0.385. The molecule has 14 heavy (non-hydrogen) atoms. The molecule has 0 N–H and O–H groups in total. The zero-order chi connectivity index (χ0) is 10.9. The van der Waals surface area contributed by atoms with E-state index >= 15 is 0 Å². The molecule has 0 aliphatic carbocycles. The Morgan fingerprint density at radius 3 is 2.57 bits per heavy atom. The predicted molar refractivity (Wildman–Crippen MR) is 55.8 cm³/mol. The summed E-state index contributed by atoms with van der Waals surface area (Å²) < 4.78 is 13.2. The largest absolute Gasteiger partial charge is 0.294 e. The van der Waals surface area contributed by atoms with Crippen LogP contribution in [0.15, 0.2) is 12.1 Å². The van der Waals surface area contributed by atoms with Gasteiger partial charge in [-0.3, -0.25) is 14.9 Å². The maximum absolute atomic E-state index is 13.1. The minimum atomic E-state index is -0.745. The quantitative estimate of drug-likeness (QED) is 0.365. The second kappa shape index (κ2) is 3.99. The first kappa shape index (κ1) is 11.0. The smallest absolute Gasteiger partial charge is 0.273 e. The molecule has 0 aliphatic rings. The van der Waals surface area contributed by atoms with Gasteiger partial charge in [0.2, 0.25) is 0 Å². The molecule has 1 aromatic rings. The molecule has 0 aliphatic heterocycles. The van der Waals surface area contributed by atoms with Gasteiger partial charge in [0, 0.05) is 11.6 Å². The molecule has 0 radical (unpaired) electrons. The SMILES string of the molecule is CC(=O)c1cc([N+](=O)[O-])cc(F)c1I. The molecule has 1 aromatic carbocycles. The van der Waals surface area contributed by atoms with Crippen molar-refractivity contribution in [1.29, 1.82) is 0 Å². The van der Waals surface area contributed by atoms with Gasteiger partial charge < -0.3 is 0 Å². The normalized spacial score (nSPS) is 9.93. The van der Waals surface area contributed by atoms with Crippen LogP contribution in [0.5, 0.6) is 0 Å².